The highest BCUT2D eigenvalue weighted by atomic mass is 35.5. The first-order valence-corrected chi connectivity index (χ1v) is 9.62. The smallest absolute Gasteiger partial charge is 0.248 e. The number of nitrogens with zero attached hydrogens (tertiary/aromatic N) is 1. The number of halogens is 1. The Kier molecular flexibility index (Phi) is 6.54. The minimum atomic E-state index is -0.181. The van der Waals surface area contributed by atoms with Gasteiger partial charge in [-0.05, 0) is 35.3 Å². The molecule has 1 aliphatic rings. The lowest BCUT2D eigenvalue weighted by molar-refractivity contribution is -0.111. The van der Waals surface area contributed by atoms with Gasteiger partial charge in [0.05, 0.1) is 29.6 Å². The zero-order valence-electron chi connectivity index (χ0n) is 15.7. The Labute approximate surface area is 165 Å². The number of para-hydroxylation sites is 1. The van der Waals surface area contributed by atoms with Gasteiger partial charge in [-0.25, -0.2) is 0 Å². The van der Waals surface area contributed by atoms with Crippen LogP contribution in [-0.4, -0.2) is 32.2 Å². The van der Waals surface area contributed by atoms with Crippen molar-refractivity contribution in [2.24, 2.45) is 0 Å². The van der Waals surface area contributed by atoms with Crippen molar-refractivity contribution in [1.29, 1.82) is 0 Å². The number of ether oxygens (including phenoxy) is 1. The first kappa shape index (κ1) is 19.5. The van der Waals surface area contributed by atoms with Crippen molar-refractivity contribution < 1.29 is 9.53 Å². The number of carbonyl (C=O) groups is 1. The maximum Gasteiger partial charge on any atom is 0.248 e. The largest absolute Gasteiger partial charge is 0.378 e. The van der Waals surface area contributed by atoms with Crippen molar-refractivity contribution in [1.82, 2.24) is 0 Å². The van der Waals surface area contributed by atoms with Gasteiger partial charge in [-0.3, -0.25) is 4.79 Å². The summed E-state index contributed by atoms with van der Waals surface area (Å²) >= 11 is 6.41. The van der Waals surface area contributed by atoms with Gasteiger partial charge >= 0.3 is 0 Å². The highest BCUT2D eigenvalue weighted by molar-refractivity contribution is 6.34. The van der Waals surface area contributed by atoms with E-state index in [0.29, 0.717) is 29.8 Å². The molecule has 27 heavy (non-hydrogen) atoms. The molecule has 0 aliphatic carbocycles. The Hall–Kier alpha value is -2.30. The lowest BCUT2D eigenvalue weighted by Gasteiger charge is -2.31. The summed E-state index contributed by atoms with van der Waals surface area (Å²) in [6, 6.07) is 13.8. The van der Waals surface area contributed by atoms with E-state index in [2.05, 4.69) is 36.2 Å². The zero-order chi connectivity index (χ0) is 19.2. The van der Waals surface area contributed by atoms with Crippen LogP contribution in [0, 0.1) is 0 Å². The standard InChI is InChI=1S/C22H25ClN2O2/c1-16(2)18-9-6-17(7-10-18)8-11-21(26)24-20-5-3-4-19(23)22(20)25-12-14-27-15-13-25/h3-11,16H,12-15H2,1-2H3,(H,24,26). The molecule has 1 saturated heterocycles. The monoisotopic (exact) mass is 384 g/mol. The van der Waals surface area contributed by atoms with Gasteiger partial charge in [0.25, 0.3) is 0 Å². The summed E-state index contributed by atoms with van der Waals surface area (Å²) in [5.41, 5.74) is 3.85. The third kappa shape index (κ3) is 5.12. The summed E-state index contributed by atoms with van der Waals surface area (Å²) in [6.07, 6.45) is 3.37. The van der Waals surface area contributed by atoms with Crippen LogP contribution >= 0.6 is 11.6 Å². The second-order valence-corrected chi connectivity index (χ2v) is 7.29. The maximum absolute atomic E-state index is 12.4. The normalized spacial score (nSPS) is 14.7. The Morgan fingerprint density at radius 1 is 1.15 bits per heavy atom. The first-order valence-electron chi connectivity index (χ1n) is 9.25. The lowest BCUT2D eigenvalue weighted by Crippen LogP contribution is -2.37. The number of amides is 1. The van der Waals surface area contributed by atoms with Gasteiger partial charge in [0.2, 0.25) is 5.91 Å². The average Bonchev–Trinajstić information content (AvgIpc) is 2.67. The number of rotatable bonds is 5. The van der Waals surface area contributed by atoms with Gasteiger partial charge in [0.15, 0.2) is 0 Å². The molecule has 0 atom stereocenters. The van der Waals surface area contributed by atoms with E-state index in [0.717, 1.165) is 24.3 Å². The van der Waals surface area contributed by atoms with Crippen molar-refractivity contribution in [3.05, 3.63) is 64.7 Å². The number of nitrogens with one attached hydrogen (secondary N) is 1. The molecule has 0 saturated carbocycles. The summed E-state index contributed by atoms with van der Waals surface area (Å²) < 4.78 is 5.41. The molecule has 1 heterocycles. The molecule has 0 unspecified atom stereocenters. The predicted molar refractivity (Wildman–Crippen MR) is 113 cm³/mol. The number of anilines is 2. The quantitative estimate of drug-likeness (QED) is 0.741. The molecule has 0 radical (unpaired) electrons. The van der Waals surface area contributed by atoms with Gasteiger partial charge in [0, 0.05) is 19.2 Å². The molecule has 0 spiro atoms. The minimum absolute atomic E-state index is 0.181. The van der Waals surface area contributed by atoms with E-state index in [1.165, 1.54) is 5.56 Å². The summed E-state index contributed by atoms with van der Waals surface area (Å²) in [7, 11) is 0. The van der Waals surface area contributed by atoms with E-state index >= 15 is 0 Å². The fraction of sp³-hybridized carbons (Fsp3) is 0.318. The minimum Gasteiger partial charge on any atom is -0.378 e. The molecule has 0 bridgehead atoms. The second kappa shape index (κ2) is 9.07. The lowest BCUT2D eigenvalue weighted by atomic mass is 10.0. The summed E-state index contributed by atoms with van der Waals surface area (Å²) in [5, 5.41) is 3.58. The summed E-state index contributed by atoms with van der Waals surface area (Å²) in [5.74, 6) is 0.312. The van der Waals surface area contributed by atoms with Crippen LogP contribution in [0.25, 0.3) is 6.08 Å². The van der Waals surface area contributed by atoms with Crippen molar-refractivity contribution in [2.75, 3.05) is 36.5 Å². The molecule has 4 nitrogen and oxygen atoms in total. The van der Waals surface area contributed by atoms with E-state index in [1.54, 1.807) is 6.08 Å². The number of carbonyl (C=O) groups excluding carboxylic acids is 1. The number of hydrogen-bond acceptors (Lipinski definition) is 3. The van der Waals surface area contributed by atoms with Crippen LogP contribution in [0.1, 0.15) is 30.9 Å². The van der Waals surface area contributed by atoms with E-state index in [9.17, 15) is 4.79 Å². The van der Waals surface area contributed by atoms with Crippen LogP contribution in [0.3, 0.4) is 0 Å². The van der Waals surface area contributed by atoms with Crippen molar-refractivity contribution in [3.63, 3.8) is 0 Å². The molecule has 5 heteroatoms. The molecule has 142 valence electrons. The van der Waals surface area contributed by atoms with Crippen molar-refractivity contribution in [2.45, 2.75) is 19.8 Å². The van der Waals surface area contributed by atoms with Gasteiger partial charge < -0.3 is 15.0 Å². The molecule has 1 fully saturated rings. The number of benzene rings is 2. The first-order chi connectivity index (χ1) is 13.0. The Balaban J connectivity index is 1.71. The Morgan fingerprint density at radius 2 is 1.85 bits per heavy atom. The Morgan fingerprint density at radius 3 is 2.52 bits per heavy atom. The SMILES string of the molecule is CC(C)c1ccc(C=CC(=O)Nc2cccc(Cl)c2N2CCOCC2)cc1. The molecule has 1 aliphatic heterocycles. The highest BCUT2D eigenvalue weighted by Crippen LogP contribution is 2.34. The molecule has 2 aromatic carbocycles. The second-order valence-electron chi connectivity index (χ2n) is 6.88. The van der Waals surface area contributed by atoms with Gasteiger partial charge in [-0.2, -0.15) is 0 Å². The molecule has 0 aromatic heterocycles. The van der Waals surface area contributed by atoms with Crippen LogP contribution < -0.4 is 10.2 Å². The molecule has 2 aromatic rings. The van der Waals surface area contributed by atoms with Gasteiger partial charge in [-0.15, -0.1) is 0 Å². The summed E-state index contributed by atoms with van der Waals surface area (Å²) in [4.78, 5) is 14.6. The third-order valence-electron chi connectivity index (χ3n) is 4.60. The summed E-state index contributed by atoms with van der Waals surface area (Å²) in [6.45, 7) is 7.15. The predicted octanol–water partition coefficient (Wildman–Crippen LogP) is 4.95. The van der Waals surface area contributed by atoms with Crippen LogP contribution in [0.15, 0.2) is 48.5 Å². The van der Waals surface area contributed by atoms with E-state index in [4.69, 9.17) is 16.3 Å². The molecule has 1 N–H and O–H groups in total. The van der Waals surface area contributed by atoms with Crippen molar-refractivity contribution in [3.8, 4) is 0 Å². The highest BCUT2D eigenvalue weighted by Gasteiger charge is 2.18. The third-order valence-corrected chi connectivity index (χ3v) is 4.91. The van der Waals surface area contributed by atoms with Crippen molar-refractivity contribution >= 4 is 35.0 Å². The van der Waals surface area contributed by atoms with Gasteiger partial charge in [-0.1, -0.05) is 55.8 Å². The number of morpholine rings is 1. The fourth-order valence-electron chi connectivity index (χ4n) is 3.06. The molecule has 1 amide bonds. The number of hydrogen-bond donors (Lipinski definition) is 1. The van der Waals surface area contributed by atoms with E-state index in [1.807, 2.05) is 36.4 Å². The Bertz CT molecular complexity index is 810. The molecular weight excluding hydrogens is 360 g/mol. The topological polar surface area (TPSA) is 41.6 Å². The van der Waals surface area contributed by atoms with Crippen LogP contribution in [0.4, 0.5) is 11.4 Å². The fourth-order valence-corrected chi connectivity index (χ4v) is 3.36. The zero-order valence-corrected chi connectivity index (χ0v) is 16.5. The van der Waals surface area contributed by atoms with Crippen LogP contribution in [0.5, 0.6) is 0 Å². The van der Waals surface area contributed by atoms with E-state index < -0.39 is 0 Å². The average molecular weight is 385 g/mol. The van der Waals surface area contributed by atoms with E-state index in [-0.39, 0.29) is 5.91 Å². The molecular formula is C22H25ClN2O2. The maximum atomic E-state index is 12.4. The van der Waals surface area contributed by atoms with Crippen LogP contribution in [0.2, 0.25) is 5.02 Å². The molecule has 3 rings (SSSR count). The van der Waals surface area contributed by atoms with Crippen LogP contribution in [-0.2, 0) is 9.53 Å². The van der Waals surface area contributed by atoms with Gasteiger partial charge in [0.1, 0.15) is 0 Å².